The summed E-state index contributed by atoms with van der Waals surface area (Å²) in [4.78, 5) is 11.4. The average molecular weight is 377 g/mol. The maximum atomic E-state index is 13.5. The predicted octanol–water partition coefficient (Wildman–Crippen LogP) is 3.97. The summed E-state index contributed by atoms with van der Waals surface area (Å²) in [5.74, 6) is -0.277. The van der Waals surface area contributed by atoms with E-state index in [1.807, 2.05) is 6.07 Å². The lowest BCUT2D eigenvalue weighted by atomic mass is 10.2. The fraction of sp³-hybridized carbons (Fsp3) is 0.357. The lowest BCUT2D eigenvalue weighted by Gasteiger charge is -2.19. The highest BCUT2D eigenvalue weighted by molar-refractivity contribution is 14.1. The van der Waals surface area contributed by atoms with E-state index in [1.54, 1.807) is 39.0 Å². The van der Waals surface area contributed by atoms with Crippen LogP contribution >= 0.6 is 22.6 Å². The van der Waals surface area contributed by atoms with E-state index >= 15 is 0 Å². The number of hydrogen-bond acceptors (Lipinski definition) is 2. The zero-order chi connectivity index (χ0) is 14.5. The van der Waals surface area contributed by atoms with Gasteiger partial charge in [0, 0.05) is 15.7 Å². The number of halogens is 2. The summed E-state index contributed by atoms with van der Waals surface area (Å²) in [6.07, 6.45) is 2.85. The van der Waals surface area contributed by atoms with Crippen LogP contribution in [0.15, 0.2) is 24.3 Å². The average Bonchev–Trinajstić information content (AvgIpc) is 2.25. The van der Waals surface area contributed by atoms with Crippen LogP contribution in [0.3, 0.4) is 0 Å². The fourth-order valence-electron chi connectivity index (χ4n) is 1.30. The zero-order valence-corrected chi connectivity index (χ0v) is 13.3. The molecule has 0 aliphatic rings. The van der Waals surface area contributed by atoms with Crippen molar-refractivity contribution in [2.75, 3.05) is 6.54 Å². The minimum atomic E-state index is -0.519. The van der Waals surface area contributed by atoms with Gasteiger partial charge in [-0.2, -0.15) is 0 Å². The summed E-state index contributed by atoms with van der Waals surface area (Å²) in [7, 11) is 0. The summed E-state index contributed by atoms with van der Waals surface area (Å²) in [6, 6.07) is 4.89. The maximum Gasteiger partial charge on any atom is 0.407 e. The van der Waals surface area contributed by atoms with Crippen molar-refractivity contribution < 1.29 is 13.9 Å². The van der Waals surface area contributed by atoms with Gasteiger partial charge in [-0.05, 0) is 55.5 Å². The molecule has 5 heteroatoms. The van der Waals surface area contributed by atoms with E-state index in [1.165, 1.54) is 6.07 Å². The van der Waals surface area contributed by atoms with Crippen molar-refractivity contribution in [3.8, 4) is 0 Å². The molecule has 1 amide bonds. The van der Waals surface area contributed by atoms with Gasteiger partial charge in [-0.3, -0.25) is 0 Å². The Labute approximate surface area is 126 Å². The lowest BCUT2D eigenvalue weighted by molar-refractivity contribution is 0.0534. The van der Waals surface area contributed by atoms with E-state index in [2.05, 4.69) is 27.9 Å². The summed E-state index contributed by atoms with van der Waals surface area (Å²) in [5, 5.41) is 2.58. The molecule has 3 nitrogen and oxygen atoms in total. The Hall–Kier alpha value is -1.11. The predicted molar refractivity (Wildman–Crippen MR) is 82.4 cm³/mol. The highest BCUT2D eigenvalue weighted by Crippen LogP contribution is 2.17. The van der Waals surface area contributed by atoms with Crippen molar-refractivity contribution >= 4 is 34.8 Å². The molecular weight excluding hydrogens is 360 g/mol. The first-order valence-corrected chi connectivity index (χ1v) is 6.95. The molecule has 0 fully saturated rings. The summed E-state index contributed by atoms with van der Waals surface area (Å²) in [5.41, 5.74) is 0.00317. The number of ether oxygens (including phenoxy) is 1. The molecule has 0 aromatic heterocycles. The van der Waals surface area contributed by atoms with E-state index in [9.17, 15) is 9.18 Å². The first-order valence-electron chi connectivity index (χ1n) is 5.87. The fourth-order valence-corrected chi connectivity index (χ4v) is 1.95. The second-order valence-corrected chi connectivity index (χ2v) is 6.08. The molecule has 0 saturated carbocycles. The SMILES string of the molecule is CC(C)(C)OC(=O)NCC=Cc1c(F)cccc1I. The number of benzene rings is 1. The normalized spacial score (nSPS) is 11.6. The molecule has 1 N–H and O–H groups in total. The third kappa shape index (κ3) is 6.04. The van der Waals surface area contributed by atoms with Crippen LogP contribution in [0.2, 0.25) is 0 Å². The highest BCUT2D eigenvalue weighted by atomic mass is 127. The molecule has 19 heavy (non-hydrogen) atoms. The van der Waals surface area contributed by atoms with Crippen LogP contribution in [-0.2, 0) is 4.74 Å². The number of rotatable bonds is 3. The Kier molecular flexibility index (Phi) is 5.78. The largest absolute Gasteiger partial charge is 0.444 e. The van der Waals surface area contributed by atoms with Gasteiger partial charge in [0.25, 0.3) is 0 Å². The first-order chi connectivity index (χ1) is 8.79. The van der Waals surface area contributed by atoms with Gasteiger partial charge >= 0.3 is 6.09 Å². The van der Waals surface area contributed by atoms with Crippen LogP contribution in [0.25, 0.3) is 6.08 Å². The number of amides is 1. The van der Waals surface area contributed by atoms with Gasteiger partial charge in [-0.25, -0.2) is 9.18 Å². The number of alkyl carbamates (subject to hydrolysis) is 1. The molecule has 0 aliphatic carbocycles. The molecule has 1 aromatic carbocycles. The smallest absolute Gasteiger partial charge is 0.407 e. The van der Waals surface area contributed by atoms with E-state index in [-0.39, 0.29) is 5.82 Å². The van der Waals surface area contributed by atoms with E-state index in [0.29, 0.717) is 12.1 Å². The Balaban J connectivity index is 2.49. The summed E-state index contributed by atoms with van der Waals surface area (Å²) < 4.78 is 19.4. The molecule has 0 spiro atoms. The molecule has 104 valence electrons. The van der Waals surface area contributed by atoms with Crippen LogP contribution in [0, 0.1) is 9.39 Å². The monoisotopic (exact) mass is 377 g/mol. The minimum Gasteiger partial charge on any atom is -0.444 e. The van der Waals surface area contributed by atoms with Gasteiger partial charge in [0.15, 0.2) is 0 Å². The van der Waals surface area contributed by atoms with Gasteiger partial charge in [0.05, 0.1) is 0 Å². The molecule has 0 radical (unpaired) electrons. The van der Waals surface area contributed by atoms with Crippen molar-refractivity contribution in [1.29, 1.82) is 0 Å². The summed E-state index contributed by atoms with van der Waals surface area (Å²) >= 11 is 2.07. The van der Waals surface area contributed by atoms with Crippen LogP contribution in [0.1, 0.15) is 26.3 Å². The van der Waals surface area contributed by atoms with Gasteiger partial charge in [-0.15, -0.1) is 0 Å². The minimum absolute atomic E-state index is 0.277. The van der Waals surface area contributed by atoms with Crippen LogP contribution in [-0.4, -0.2) is 18.2 Å². The number of nitrogens with one attached hydrogen (secondary N) is 1. The second kappa shape index (κ2) is 6.88. The Bertz CT molecular complexity index is 461. The molecule has 1 rings (SSSR count). The van der Waals surface area contributed by atoms with Crippen LogP contribution in [0.4, 0.5) is 9.18 Å². The van der Waals surface area contributed by atoms with Crippen LogP contribution in [0.5, 0.6) is 0 Å². The van der Waals surface area contributed by atoms with Crippen molar-refractivity contribution in [2.45, 2.75) is 26.4 Å². The molecule has 0 atom stereocenters. The van der Waals surface area contributed by atoms with Gasteiger partial charge < -0.3 is 10.1 Å². The van der Waals surface area contributed by atoms with Crippen molar-refractivity contribution in [3.05, 3.63) is 39.2 Å². The molecule has 0 unspecified atom stereocenters. The van der Waals surface area contributed by atoms with Gasteiger partial charge in [0.2, 0.25) is 0 Å². The van der Waals surface area contributed by atoms with Crippen molar-refractivity contribution in [1.82, 2.24) is 5.32 Å². The third-order valence-electron chi connectivity index (χ3n) is 2.05. The molecule has 0 heterocycles. The van der Waals surface area contributed by atoms with E-state index < -0.39 is 11.7 Å². The zero-order valence-electron chi connectivity index (χ0n) is 11.2. The maximum absolute atomic E-state index is 13.5. The standard InChI is InChI=1S/C14H17FINO2/c1-14(2,3)19-13(18)17-9-5-6-10-11(15)7-4-8-12(10)16/h4-8H,9H2,1-3H3,(H,17,18). The molecule has 0 bridgehead atoms. The van der Waals surface area contributed by atoms with Crippen LogP contribution < -0.4 is 5.32 Å². The van der Waals surface area contributed by atoms with Crippen molar-refractivity contribution in [2.24, 2.45) is 0 Å². The topological polar surface area (TPSA) is 38.3 Å². The van der Waals surface area contributed by atoms with Crippen molar-refractivity contribution in [3.63, 3.8) is 0 Å². The number of hydrogen-bond donors (Lipinski definition) is 1. The Morgan fingerprint density at radius 1 is 1.47 bits per heavy atom. The first kappa shape index (κ1) is 15.9. The van der Waals surface area contributed by atoms with E-state index in [0.717, 1.165) is 3.57 Å². The third-order valence-corrected chi connectivity index (χ3v) is 2.99. The molecule has 1 aromatic rings. The summed E-state index contributed by atoms with van der Waals surface area (Å²) in [6.45, 7) is 5.68. The van der Waals surface area contributed by atoms with E-state index in [4.69, 9.17) is 4.74 Å². The Morgan fingerprint density at radius 3 is 2.74 bits per heavy atom. The molecular formula is C14H17FINO2. The second-order valence-electron chi connectivity index (χ2n) is 4.92. The molecule has 0 saturated heterocycles. The van der Waals surface area contributed by atoms with Gasteiger partial charge in [0.1, 0.15) is 11.4 Å². The quantitative estimate of drug-likeness (QED) is 0.810. The number of carbonyl (C=O) groups is 1. The Morgan fingerprint density at radius 2 is 2.16 bits per heavy atom. The lowest BCUT2D eigenvalue weighted by Crippen LogP contribution is -2.32. The van der Waals surface area contributed by atoms with Gasteiger partial charge in [-0.1, -0.05) is 18.2 Å². The molecule has 0 aliphatic heterocycles. The highest BCUT2D eigenvalue weighted by Gasteiger charge is 2.15. The number of carbonyl (C=O) groups excluding carboxylic acids is 1.